The van der Waals surface area contributed by atoms with Gasteiger partial charge in [-0.05, 0) is 10.4 Å². The molecular formula is C16H16N8O7S3. The average molecular weight is 529 g/mol. The molecule has 3 atom stereocenters. The summed E-state index contributed by atoms with van der Waals surface area (Å²) >= 11 is 3.14. The molecule has 4 heterocycles. The van der Waals surface area contributed by atoms with Gasteiger partial charge >= 0.3 is 11.9 Å². The van der Waals surface area contributed by atoms with Crippen LogP contribution in [0.2, 0.25) is 0 Å². The van der Waals surface area contributed by atoms with Crippen LogP contribution in [0.1, 0.15) is 10.5 Å². The first-order valence-corrected chi connectivity index (χ1v) is 12.3. The normalized spacial score (nSPS) is 23.6. The van der Waals surface area contributed by atoms with Gasteiger partial charge in [0.15, 0.2) is 5.13 Å². The number of aromatic nitrogens is 5. The van der Waals surface area contributed by atoms with Crippen molar-refractivity contribution in [3.63, 3.8) is 0 Å². The average Bonchev–Trinajstić information content (AvgIpc) is 3.43. The first-order valence-electron chi connectivity index (χ1n) is 9.44. The number of carbonyl (C=O) groups is 5. The monoisotopic (exact) mass is 528 g/mol. The number of thioether (sulfide) groups is 2. The Labute approximate surface area is 202 Å². The molecule has 0 saturated carbocycles. The number of carbonyl (C=O) groups excluding carboxylic acids is 3. The minimum Gasteiger partial charge on any atom is -0.481 e. The van der Waals surface area contributed by atoms with Gasteiger partial charge in [-0.1, -0.05) is 11.8 Å². The Bertz CT molecular complexity index is 1190. The van der Waals surface area contributed by atoms with Gasteiger partial charge < -0.3 is 26.2 Å². The van der Waals surface area contributed by atoms with E-state index >= 15 is 0 Å². The fourth-order valence-electron chi connectivity index (χ4n) is 3.35. The molecule has 0 bridgehead atoms. The SMILES string of the molecule is Nc1nc(C(=O)C(=O)NC2C(=O)N3CC(CSc4nnnn4CC(=O)O)(C(=O)O)CS[C@H]23)cs1. The number of tetrazole rings is 1. The van der Waals surface area contributed by atoms with Crippen molar-refractivity contribution in [1.29, 1.82) is 0 Å². The predicted octanol–water partition coefficient (Wildman–Crippen LogP) is -1.76. The number of amides is 2. The van der Waals surface area contributed by atoms with Gasteiger partial charge in [-0.3, -0.25) is 24.0 Å². The maximum atomic E-state index is 12.7. The Morgan fingerprint density at radius 1 is 1.32 bits per heavy atom. The van der Waals surface area contributed by atoms with Crippen LogP contribution in [0.15, 0.2) is 10.5 Å². The number of nitrogens with two attached hydrogens (primary N) is 1. The number of nitrogen functional groups attached to an aromatic ring is 1. The highest BCUT2D eigenvalue weighted by atomic mass is 32.2. The summed E-state index contributed by atoms with van der Waals surface area (Å²) in [5, 5.41) is 33.0. The maximum absolute atomic E-state index is 12.7. The molecule has 2 saturated heterocycles. The molecule has 0 spiro atoms. The van der Waals surface area contributed by atoms with E-state index in [2.05, 4.69) is 25.8 Å². The van der Waals surface area contributed by atoms with Crippen LogP contribution < -0.4 is 11.1 Å². The Morgan fingerprint density at radius 2 is 2.09 bits per heavy atom. The van der Waals surface area contributed by atoms with Crippen molar-refractivity contribution in [2.24, 2.45) is 5.41 Å². The highest BCUT2D eigenvalue weighted by molar-refractivity contribution is 8.00. The van der Waals surface area contributed by atoms with Crippen molar-refractivity contribution in [1.82, 2.24) is 35.4 Å². The lowest BCUT2D eigenvalue weighted by atomic mass is 9.89. The van der Waals surface area contributed by atoms with E-state index in [1.54, 1.807) is 0 Å². The summed E-state index contributed by atoms with van der Waals surface area (Å²) < 4.78 is 1.04. The lowest BCUT2D eigenvalue weighted by Gasteiger charge is -2.53. The quantitative estimate of drug-likeness (QED) is 0.122. The van der Waals surface area contributed by atoms with Crippen LogP contribution in [-0.2, 0) is 25.7 Å². The summed E-state index contributed by atoms with van der Waals surface area (Å²) in [7, 11) is 0. The summed E-state index contributed by atoms with van der Waals surface area (Å²) in [5.74, 6) is -4.65. The van der Waals surface area contributed by atoms with Gasteiger partial charge in [0.05, 0.1) is 0 Å². The Morgan fingerprint density at radius 3 is 2.74 bits per heavy atom. The van der Waals surface area contributed by atoms with E-state index in [4.69, 9.17) is 10.8 Å². The molecule has 4 rings (SSSR count). The number of anilines is 1. The minimum atomic E-state index is -1.36. The van der Waals surface area contributed by atoms with E-state index in [0.29, 0.717) is 0 Å². The molecule has 18 heteroatoms. The third-order valence-corrected chi connectivity index (χ3v) is 8.62. The molecule has 0 aliphatic carbocycles. The summed E-state index contributed by atoms with van der Waals surface area (Å²) in [6.07, 6.45) is 0. The van der Waals surface area contributed by atoms with Gasteiger partial charge in [0.25, 0.3) is 11.7 Å². The molecule has 180 valence electrons. The number of nitrogens with one attached hydrogen (secondary N) is 1. The van der Waals surface area contributed by atoms with Gasteiger partial charge in [-0.2, -0.15) is 0 Å². The number of nitrogens with zero attached hydrogens (tertiary/aromatic N) is 6. The number of thiazole rings is 1. The number of aliphatic carboxylic acids is 2. The number of hydrogen-bond donors (Lipinski definition) is 4. The van der Waals surface area contributed by atoms with Crippen LogP contribution >= 0.6 is 34.9 Å². The van der Waals surface area contributed by atoms with E-state index < -0.39 is 52.9 Å². The van der Waals surface area contributed by atoms with E-state index in [0.717, 1.165) is 39.5 Å². The van der Waals surface area contributed by atoms with Crippen LogP contribution in [0.5, 0.6) is 0 Å². The Balaban J connectivity index is 1.39. The largest absolute Gasteiger partial charge is 0.481 e. The number of β-lactam (4-membered cyclic amide) rings is 1. The van der Waals surface area contributed by atoms with Gasteiger partial charge in [0, 0.05) is 23.4 Å². The molecule has 2 aromatic heterocycles. The standard InChI is InChI=1S/C16H16N8O7S3/c17-14-18-6(2-32-14)9(27)10(28)19-8-11(29)23-3-16(13(30)31,4-33-12(8)23)5-34-15-20-21-22-24(15)1-7(25)26/h2,8,12H,1,3-5H2,(H2,17,18)(H,19,28)(H,25,26)(H,30,31)/t8?,12-,16?/m1/s1. The summed E-state index contributed by atoms with van der Waals surface area (Å²) in [4.78, 5) is 65.3. The van der Waals surface area contributed by atoms with Crippen molar-refractivity contribution in [3.05, 3.63) is 11.1 Å². The molecule has 2 fully saturated rings. The summed E-state index contributed by atoms with van der Waals surface area (Å²) in [6, 6.07) is -0.972. The van der Waals surface area contributed by atoms with Crippen LogP contribution in [-0.4, -0.2) is 99.3 Å². The molecule has 2 aromatic rings. The topological polar surface area (TPSA) is 224 Å². The highest BCUT2D eigenvalue weighted by Gasteiger charge is 2.57. The third kappa shape index (κ3) is 4.42. The second kappa shape index (κ2) is 9.18. The van der Waals surface area contributed by atoms with Crippen molar-refractivity contribution in [2.75, 3.05) is 23.8 Å². The molecule has 15 nitrogen and oxygen atoms in total. The zero-order chi connectivity index (χ0) is 24.6. The minimum absolute atomic E-state index is 0.0212. The zero-order valence-corrected chi connectivity index (χ0v) is 19.4. The number of Topliss-reactive ketones (excluding diaryl/α,β-unsaturated/α-hetero) is 1. The molecule has 2 unspecified atom stereocenters. The molecule has 2 aliphatic heterocycles. The van der Waals surface area contributed by atoms with Gasteiger partial charge in [0.2, 0.25) is 11.1 Å². The highest BCUT2D eigenvalue weighted by Crippen LogP contribution is 2.44. The lowest BCUT2D eigenvalue weighted by Crippen LogP contribution is -2.74. The molecule has 0 radical (unpaired) electrons. The van der Waals surface area contributed by atoms with E-state index in [1.807, 2.05) is 0 Å². The number of rotatable bonds is 9. The molecule has 2 aliphatic rings. The third-order valence-electron chi connectivity index (χ3n) is 5.11. The molecular weight excluding hydrogens is 512 g/mol. The molecule has 34 heavy (non-hydrogen) atoms. The van der Waals surface area contributed by atoms with Crippen LogP contribution in [0.3, 0.4) is 0 Å². The number of fused-ring (bicyclic) bond motifs is 1. The molecule has 5 N–H and O–H groups in total. The van der Waals surface area contributed by atoms with Crippen LogP contribution in [0, 0.1) is 5.41 Å². The second-order valence-corrected chi connectivity index (χ2v) is 10.3. The van der Waals surface area contributed by atoms with Gasteiger partial charge in [0.1, 0.15) is 29.1 Å². The fourth-order valence-corrected chi connectivity index (χ4v) is 6.63. The smallest absolute Gasteiger partial charge is 0.325 e. The number of hydrogen-bond acceptors (Lipinski definition) is 13. The summed E-state index contributed by atoms with van der Waals surface area (Å²) in [6.45, 7) is -0.611. The Kier molecular flexibility index (Phi) is 6.45. The first kappa shape index (κ1) is 23.9. The van der Waals surface area contributed by atoms with Gasteiger partial charge in [-0.25, -0.2) is 9.67 Å². The van der Waals surface area contributed by atoms with Crippen LogP contribution in [0.4, 0.5) is 5.13 Å². The van der Waals surface area contributed by atoms with E-state index in [-0.39, 0.29) is 34.0 Å². The molecule has 0 aromatic carbocycles. The second-order valence-electron chi connectivity index (χ2n) is 7.41. The fraction of sp³-hybridized carbons (Fsp3) is 0.438. The van der Waals surface area contributed by atoms with E-state index in [9.17, 15) is 29.1 Å². The van der Waals surface area contributed by atoms with E-state index in [1.165, 1.54) is 10.3 Å². The van der Waals surface area contributed by atoms with Crippen molar-refractivity contribution < 1.29 is 34.2 Å². The number of carboxylic acids is 2. The predicted molar refractivity (Wildman–Crippen MR) is 117 cm³/mol. The van der Waals surface area contributed by atoms with Crippen LogP contribution in [0.25, 0.3) is 0 Å². The lowest BCUT2D eigenvalue weighted by molar-refractivity contribution is -0.157. The number of ketones is 1. The Hall–Kier alpha value is -3.25. The first-order chi connectivity index (χ1) is 16.1. The summed E-state index contributed by atoms with van der Waals surface area (Å²) in [5.41, 5.74) is 4.00. The van der Waals surface area contributed by atoms with Crippen molar-refractivity contribution in [2.45, 2.75) is 23.1 Å². The maximum Gasteiger partial charge on any atom is 0.325 e. The number of carboxylic acid groups (broad SMARTS) is 2. The van der Waals surface area contributed by atoms with Gasteiger partial charge in [-0.15, -0.1) is 28.2 Å². The molecule has 2 amide bonds. The van der Waals surface area contributed by atoms with Crippen molar-refractivity contribution in [3.8, 4) is 0 Å². The zero-order valence-electron chi connectivity index (χ0n) is 17.0. The van der Waals surface area contributed by atoms with Crippen molar-refractivity contribution >= 4 is 69.5 Å².